The standard InChI is InChI=1S/C37H40F3N3O3/c38-37(39,40)35-17-16-32(20-41-35)43-19-18-31(22-43)21-42-23-33(44-25-28-10-4-1-5-11-28)36(46-27-30-14-8-3-9-15-30)34(24-42)45-26-29-12-6-2-7-13-29/h1-17,20,31,33-34,36H,18-19,21-27H2/t31-,33-,34-/m0/s1. The summed E-state index contributed by atoms with van der Waals surface area (Å²) in [5, 5.41) is 0. The van der Waals surface area contributed by atoms with Crippen LogP contribution in [0.4, 0.5) is 18.9 Å². The molecule has 2 saturated heterocycles. The number of piperidine rings is 1. The monoisotopic (exact) mass is 631 g/mol. The number of ether oxygens (including phenoxy) is 3. The second kappa shape index (κ2) is 15.2. The van der Waals surface area contributed by atoms with E-state index < -0.39 is 11.9 Å². The second-order valence-corrected chi connectivity index (χ2v) is 12.1. The molecule has 3 atom stereocenters. The van der Waals surface area contributed by atoms with Gasteiger partial charge in [0.1, 0.15) is 11.8 Å². The van der Waals surface area contributed by atoms with Crippen LogP contribution in [0.25, 0.3) is 0 Å². The SMILES string of the molecule is FC(F)(F)c1ccc(N2CC[C@@H](CN3C[C@H](OCc4ccccc4)C(OCc4ccccc4)[C@@H](OCc4ccccc4)C3)C2)cn1. The first-order chi connectivity index (χ1) is 22.4. The fourth-order valence-electron chi connectivity index (χ4n) is 6.33. The Morgan fingerprint density at radius 3 is 1.65 bits per heavy atom. The zero-order valence-electron chi connectivity index (χ0n) is 25.8. The molecule has 0 radical (unpaired) electrons. The van der Waals surface area contributed by atoms with Crippen LogP contribution >= 0.6 is 0 Å². The van der Waals surface area contributed by atoms with Gasteiger partial charge < -0.3 is 19.1 Å². The summed E-state index contributed by atoms with van der Waals surface area (Å²) in [5.41, 5.74) is 3.14. The molecule has 242 valence electrons. The number of likely N-dealkylation sites (tertiary alicyclic amines) is 1. The number of halogens is 3. The highest BCUT2D eigenvalue weighted by molar-refractivity contribution is 5.46. The topological polar surface area (TPSA) is 47.1 Å². The summed E-state index contributed by atoms with van der Waals surface area (Å²) >= 11 is 0. The summed E-state index contributed by atoms with van der Waals surface area (Å²) in [6, 6.07) is 33.0. The summed E-state index contributed by atoms with van der Waals surface area (Å²) < 4.78 is 59.0. The van der Waals surface area contributed by atoms with Gasteiger partial charge in [-0.2, -0.15) is 13.2 Å². The number of alkyl halides is 3. The van der Waals surface area contributed by atoms with E-state index in [1.807, 2.05) is 54.6 Å². The van der Waals surface area contributed by atoms with E-state index in [1.54, 1.807) is 0 Å². The van der Waals surface area contributed by atoms with Crippen LogP contribution in [0.2, 0.25) is 0 Å². The van der Waals surface area contributed by atoms with Gasteiger partial charge in [0.25, 0.3) is 0 Å². The molecule has 0 amide bonds. The molecule has 0 spiro atoms. The number of rotatable bonds is 12. The van der Waals surface area contributed by atoms with Crippen LogP contribution in [-0.4, -0.2) is 60.9 Å². The van der Waals surface area contributed by atoms with E-state index in [2.05, 4.69) is 51.2 Å². The molecule has 0 bridgehead atoms. The predicted octanol–water partition coefficient (Wildman–Crippen LogP) is 7.00. The van der Waals surface area contributed by atoms with E-state index in [0.29, 0.717) is 38.8 Å². The largest absolute Gasteiger partial charge is 0.433 e. The number of benzene rings is 3. The van der Waals surface area contributed by atoms with Crippen molar-refractivity contribution in [2.45, 2.75) is 50.7 Å². The van der Waals surface area contributed by atoms with Crippen molar-refractivity contribution in [3.8, 4) is 0 Å². The molecular weight excluding hydrogens is 591 g/mol. The van der Waals surface area contributed by atoms with Crippen LogP contribution in [-0.2, 0) is 40.2 Å². The molecule has 3 heterocycles. The van der Waals surface area contributed by atoms with Gasteiger partial charge in [-0.25, -0.2) is 4.98 Å². The van der Waals surface area contributed by atoms with Gasteiger partial charge in [-0.15, -0.1) is 0 Å². The first-order valence-corrected chi connectivity index (χ1v) is 15.9. The van der Waals surface area contributed by atoms with Crippen molar-refractivity contribution in [2.75, 3.05) is 37.6 Å². The Kier molecular flexibility index (Phi) is 10.7. The minimum Gasteiger partial charge on any atom is -0.370 e. The normalized spacial score (nSPS) is 21.1. The van der Waals surface area contributed by atoms with E-state index in [-0.39, 0.29) is 18.3 Å². The lowest BCUT2D eigenvalue weighted by molar-refractivity contribution is -0.185. The number of anilines is 1. The average molecular weight is 632 g/mol. The summed E-state index contributed by atoms with van der Waals surface area (Å²) in [5.74, 6) is 0.341. The number of hydrogen-bond acceptors (Lipinski definition) is 6. The van der Waals surface area contributed by atoms with Crippen molar-refractivity contribution >= 4 is 5.69 Å². The van der Waals surface area contributed by atoms with Gasteiger partial charge in [0.2, 0.25) is 0 Å². The highest BCUT2D eigenvalue weighted by Gasteiger charge is 2.40. The Labute approximate surface area is 268 Å². The number of aromatic nitrogens is 1. The fourth-order valence-corrected chi connectivity index (χ4v) is 6.33. The molecule has 0 saturated carbocycles. The van der Waals surface area contributed by atoms with E-state index in [1.165, 1.54) is 12.3 Å². The quantitative estimate of drug-likeness (QED) is 0.168. The summed E-state index contributed by atoms with van der Waals surface area (Å²) in [6.07, 6.45) is -2.90. The molecular formula is C37H40F3N3O3. The molecule has 0 unspecified atom stereocenters. The van der Waals surface area contributed by atoms with E-state index in [4.69, 9.17) is 14.2 Å². The lowest BCUT2D eigenvalue weighted by Crippen LogP contribution is -2.58. The lowest BCUT2D eigenvalue weighted by Gasteiger charge is -2.44. The highest BCUT2D eigenvalue weighted by atomic mass is 19.4. The number of nitrogens with zero attached hydrogens (tertiary/aromatic N) is 3. The lowest BCUT2D eigenvalue weighted by atomic mass is 9.98. The van der Waals surface area contributed by atoms with Gasteiger partial charge in [-0.05, 0) is 41.2 Å². The maximum atomic E-state index is 13.0. The maximum Gasteiger partial charge on any atom is 0.433 e. The molecule has 2 fully saturated rings. The van der Waals surface area contributed by atoms with Crippen LogP contribution in [0.15, 0.2) is 109 Å². The van der Waals surface area contributed by atoms with Crippen LogP contribution in [0.3, 0.4) is 0 Å². The molecule has 6 rings (SSSR count). The van der Waals surface area contributed by atoms with Crippen molar-refractivity contribution in [2.24, 2.45) is 5.92 Å². The third-order valence-corrected chi connectivity index (χ3v) is 8.71. The average Bonchev–Trinajstić information content (AvgIpc) is 3.55. The second-order valence-electron chi connectivity index (χ2n) is 12.1. The first-order valence-electron chi connectivity index (χ1n) is 15.9. The maximum absolute atomic E-state index is 13.0. The van der Waals surface area contributed by atoms with Crippen molar-refractivity contribution in [1.82, 2.24) is 9.88 Å². The number of hydrogen-bond donors (Lipinski definition) is 0. The summed E-state index contributed by atoms with van der Waals surface area (Å²) in [4.78, 5) is 8.20. The Morgan fingerprint density at radius 1 is 0.652 bits per heavy atom. The Balaban J connectivity index is 1.16. The first kappa shape index (κ1) is 32.2. The minimum absolute atomic E-state index is 0.227. The smallest absolute Gasteiger partial charge is 0.370 e. The Bertz CT molecular complexity index is 1420. The third-order valence-electron chi connectivity index (χ3n) is 8.71. The van der Waals surface area contributed by atoms with E-state index in [0.717, 1.165) is 54.5 Å². The van der Waals surface area contributed by atoms with Crippen LogP contribution in [0.1, 0.15) is 28.8 Å². The van der Waals surface area contributed by atoms with Gasteiger partial charge in [-0.1, -0.05) is 91.0 Å². The van der Waals surface area contributed by atoms with Gasteiger partial charge >= 0.3 is 6.18 Å². The molecule has 46 heavy (non-hydrogen) atoms. The zero-order chi connectivity index (χ0) is 31.8. The van der Waals surface area contributed by atoms with Crippen molar-refractivity contribution in [1.29, 1.82) is 0 Å². The molecule has 2 aliphatic rings. The van der Waals surface area contributed by atoms with Gasteiger partial charge in [0, 0.05) is 32.7 Å². The number of pyridine rings is 1. The molecule has 6 nitrogen and oxygen atoms in total. The Morgan fingerprint density at radius 2 is 1.17 bits per heavy atom. The molecule has 2 aliphatic heterocycles. The predicted molar refractivity (Wildman–Crippen MR) is 171 cm³/mol. The summed E-state index contributed by atoms with van der Waals surface area (Å²) in [6.45, 7) is 5.12. The third kappa shape index (κ3) is 8.73. The van der Waals surface area contributed by atoms with E-state index in [9.17, 15) is 13.2 Å². The van der Waals surface area contributed by atoms with Crippen molar-refractivity contribution in [3.63, 3.8) is 0 Å². The molecule has 3 aromatic carbocycles. The van der Waals surface area contributed by atoms with Gasteiger partial charge in [0.15, 0.2) is 0 Å². The van der Waals surface area contributed by atoms with Crippen molar-refractivity contribution in [3.05, 3.63) is 132 Å². The van der Waals surface area contributed by atoms with Crippen LogP contribution in [0, 0.1) is 5.92 Å². The molecule has 0 N–H and O–H groups in total. The van der Waals surface area contributed by atoms with E-state index >= 15 is 0 Å². The molecule has 0 aliphatic carbocycles. The van der Waals surface area contributed by atoms with Crippen LogP contribution in [0.5, 0.6) is 0 Å². The van der Waals surface area contributed by atoms with Gasteiger partial charge in [-0.3, -0.25) is 4.90 Å². The molecule has 9 heteroatoms. The summed E-state index contributed by atoms with van der Waals surface area (Å²) in [7, 11) is 0. The molecule has 1 aromatic heterocycles. The van der Waals surface area contributed by atoms with Gasteiger partial charge in [0.05, 0.1) is 43.9 Å². The fraction of sp³-hybridized carbons (Fsp3) is 0.378. The Hall–Kier alpha value is -3.76. The highest BCUT2D eigenvalue weighted by Crippen LogP contribution is 2.31. The minimum atomic E-state index is -4.44. The van der Waals surface area contributed by atoms with Crippen molar-refractivity contribution < 1.29 is 27.4 Å². The zero-order valence-corrected chi connectivity index (χ0v) is 25.8. The van der Waals surface area contributed by atoms with Crippen LogP contribution < -0.4 is 4.90 Å². The molecule has 4 aromatic rings.